The van der Waals surface area contributed by atoms with Crippen molar-refractivity contribution in [2.45, 2.75) is 32.9 Å². The van der Waals surface area contributed by atoms with Gasteiger partial charge in [0.1, 0.15) is 18.3 Å². The third-order valence-electron chi connectivity index (χ3n) is 5.10. The van der Waals surface area contributed by atoms with E-state index in [0.717, 1.165) is 7.11 Å². The SMILES string of the molecule is COCC1(F)CC(F)=C(F)C(COC(=O)[C@@H]2[C@@H](C=C(C)C#N)C2(C)C)=C1F. The van der Waals surface area contributed by atoms with E-state index in [-0.39, 0.29) is 5.92 Å². The molecule has 8 heteroatoms. The Bertz CT molecular complexity index is 778. The number of nitrogens with zero attached hydrogens (tertiary/aromatic N) is 1. The molecule has 0 N–H and O–H groups in total. The van der Waals surface area contributed by atoms with Crippen LogP contribution < -0.4 is 0 Å². The molecule has 2 aliphatic rings. The summed E-state index contributed by atoms with van der Waals surface area (Å²) >= 11 is 0. The number of rotatable bonds is 6. The number of halogens is 4. The van der Waals surface area contributed by atoms with Crippen LogP contribution >= 0.6 is 0 Å². The lowest BCUT2D eigenvalue weighted by molar-refractivity contribution is -0.145. The molecule has 1 saturated carbocycles. The van der Waals surface area contributed by atoms with Gasteiger partial charge in [0.2, 0.25) is 0 Å². The Morgan fingerprint density at radius 3 is 2.56 bits per heavy atom. The van der Waals surface area contributed by atoms with Gasteiger partial charge in [-0.15, -0.1) is 0 Å². The second-order valence-electron chi connectivity index (χ2n) is 7.48. The number of allylic oxidation sites excluding steroid dienone is 3. The predicted octanol–water partition coefficient (Wildman–Crippen LogP) is 4.40. The zero-order valence-electron chi connectivity index (χ0n) is 15.5. The Kier molecular flexibility index (Phi) is 5.85. The number of methoxy groups -OCH3 is 1. The van der Waals surface area contributed by atoms with Crippen LogP contribution in [-0.2, 0) is 14.3 Å². The molecule has 148 valence electrons. The maximum absolute atomic E-state index is 14.5. The van der Waals surface area contributed by atoms with Gasteiger partial charge in [-0.25, -0.2) is 17.6 Å². The topological polar surface area (TPSA) is 59.3 Å². The van der Waals surface area contributed by atoms with Gasteiger partial charge in [0, 0.05) is 19.1 Å². The predicted molar refractivity (Wildman–Crippen MR) is 88.8 cm³/mol. The molecule has 0 aromatic carbocycles. The maximum atomic E-state index is 14.5. The van der Waals surface area contributed by atoms with Crippen LogP contribution in [-0.4, -0.2) is 32.0 Å². The molecule has 0 heterocycles. The first-order valence-electron chi connectivity index (χ1n) is 8.36. The molecule has 27 heavy (non-hydrogen) atoms. The molecule has 4 nitrogen and oxygen atoms in total. The molecule has 0 spiro atoms. The van der Waals surface area contributed by atoms with E-state index in [9.17, 15) is 22.4 Å². The van der Waals surface area contributed by atoms with Crippen molar-refractivity contribution in [2.75, 3.05) is 20.3 Å². The van der Waals surface area contributed by atoms with Crippen LogP contribution in [0.5, 0.6) is 0 Å². The summed E-state index contributed by atoms with van der Waals surface area (Å²) in [6.45, 7) is 3.44. The highest BCUT2D eigenvalue weighted by Crippen LogP contribution is 2.60. The summed E-state index contributed by atoms with van der Waals surface area (Å²) in [5.74, 6) is -6.18. The largest absolute Gasteiger partial charge is 0.460 e. The average Bonchev–Trinajstić information content (AvgIpc) is 3.13. The summed E-state index contributed by atoms with van der Waals surface area (Å²) < 4.78 is 66.1. The molecule has 1 unspecified atom stereocenters. The summed E-state index contributed by atoms with van der Waals surface area (Å²) in [5, 5.41) is 8.85. The molecule has 2 aliphatic carbocycles. The van der Waals surface area contributed by atoms with E-state index in [0.29, 0.717) is 5.57 Å². The first kappa shape index (κ1) is 21.2. The van der Waals surface area contributed by atoms with E-state index in [2.05, 4.69) is 4.74 Å². The highest BCUT2D eigenvalue weighted by molar-refractivity contribution is 5.78. The maximum Gasteiger partial charge on any atom is 0.310 e. The summed E-state index contributed by atoms with van der Waals surface area (Å²) in [6, 6.07) is 1.96. The molecular weight excluding hydrogens is 366 g/mol. The molecular formula is C19H21F4NO3. The van der Waals surface area contributed by atoms with Crippen molar-refractivity contribution in [3.63, 3.8) is 0 Å². The molecule has 0 saturated heterocycles. The molecule has 0 radical (unpaired) electrons. The minimum absolute atomic E-state index is 0.263. The summed E-state index contributed by atoms with van der Waals surface area (Å²) in [5.41, 5.74) is -3.87. The van der Waals surface area contributed by atoms with Crippen LogP contribution in [0, 0.1) is 28.6 Å². The molecule has 0 aromatic rings. The smallest absolute Gasteiger partial charge is 0.310 e. The highest BCUT2D eigenvalue weighted by Gasteiger charge is 2.61. The normalized spacial score (nSPS) is 30.3. The van der Waals surface area contributed by atoms with E-state index >= 15 is 0 Å². The Balaban J connectivity index is 2.15. The van der Waals surface area contributed by atoms with Gasteiger partial charge in [0.25, 0.3) is 0 Å². The minimum Gasteiger partial charge on any atom is -0.460 e. The second kappa shape index (κ2) is 7.47. The van der Waals surface area contributed by atoms with Crippen LogP contribution in [0.4, 0.5) is 17.6 Å². The molecule has 0 bridgehead atoms. The molecule has 0 aliphatic heterocycles. The average molecular weight is 387 g/mol. The molecule has 0 aromatic heterocycles. The van der Waals surface area contributed by atoms with Gasteiger partial charge in [0.15, 0.2) is 11.5 Å². The molecule has 0 amide bonds. The quantitative estimate of drug-likeness (QED) is 0.385. The van der Waals surface area contributed by atoms with E-state index in [1.54, 1.807) is 26.8 Å². The Labute approximate surface area is 155 Å². The lowest BCUT2D eigenvalue weighted by atomic mass is 9.91. The van der Waals surface area contributed by atoms with Crippen LogP contribution in [0.2, 0.25) is 0 Å². The van der Waals surface area contributed by atoms with Crippen molar-refractivity contribution in [3.05, 3.63) is 34.7 Å². The van der Waals surface area contributed by atoms with Gasteiger partial charge >= 0.3 is 5.97 Å². The number of nitriles is 1. The Hall–Kier alpha value is -2.14. The van der Waals surface area contributed by atoms with Gasteiger partial charge < -0.3 is 9.47 Å². The Morgan fingerprint density at radius 2 is 2.00 bits per heavy atom. The third-order valence-corrected chi connectivity index (χ3v) is 5.10. The van der Waals surface area contributed by atoms with Crippen molar-refractivity contribution in [1.82, 2.24) is 0 Å². The standard InChI is InChI=1S/C19H21F4NO3/c1-10(7-24)5-12-14(18(12,2)3)17(25)27-8-11-15(21)13(20)6-19(23,9-26-4)16(11)22/h5,12,14H,6,8-9H2,1-4H3/t12-,14+,19?/m1/s1. The molecule has 2 rings (SSSR count). The van der Waals surface area contributed by atoms with Gasteiger partial charge in [-0.05, 0) is 18.3 Å². The lowest BCUT2D eigenvalue weighted by Gasteiger charge is -2.27. The fourth-order valence-electron chi connectivity index (χ4n) is 3.38. The van der Waals surface area contributed by atoms with Crippen LogP contribution in [0.25, 0.3) is 0 Å². The minimum atomic E-state index is -2.84. The van der Waals surface area contributed by atoms with Crippen molar-refractivity contribution in [1.29, 1.82) is 5.26 Å². The van der Waals surface area contributed by atoms with Gasteiger partial charge in [-0.2, -0.15) is 5.26 Å². The van der Waals surface area contributed by atoms with Crippen LogP contribution in [0.1, 0.15) is 27.2 Å². The third kappa shape index (κ3) is 3.93. The number of ether oxygens (including phenoxy) is 2. The number of carbonyl (C=O) groups is 1. The zero-order valence-corrected chi connectivity index (χ0v) is 15.5. The van der Waals surface area contributed by atoms with Crippen LogP contribution in [0.3, 0.4) is 0 Å². The van der Waals surface area contributed by atoms with Gasteiger partial charge in [0.05, 0.1) is 24.2 Å². The number of hydrogen-bond acceptors (Lipinski definition) is 4. The van der Waals surface area contributed by atoms with E-state index in [1.165, 1.54) is 0 Å². The second-order valence-corrected chi connectivity index (χ2v) is 7.48. The number of alkyl halides is 1. The van der Waals surface area contributed by atoms with Crippen molar-refractivity contribution in [3.8, 4) is 6.07 Å². The van der Waals surface area contributed by atoms with Crippen molar-refractivity contribution in [2.24, 2.45) is 17.3 Å². The van der Waals surface area contributed by atoms with Gasteiger partial charge in [-0.3, -0.25) is 4.79 Å². The highest BCUT2D eigenvalue weighted by atomic mass is 19.2. The van der Waals surface area contributed by atoms with Crippen molar-refractivity contribution >= 4 is 5.97 Å². The Morgan fingerprint density at radius 1 is 1.37 bits per heavy atom. The van der Waals surface area contributed by atoms with Crippen molar-refractivity contribution < 1.29 is 31.8 Å². The molecule has 1 fully saturated rings. The van der Waals surface area contributed by atoms with Gasteiger partial charge in [-0.1, -0.05) is 19.9 Å². The monoisotopic (exact) mass is 387 g/mol. The van der Waals surface area contributed by atoms with E-state index in [4.69, 9.17) is 10.00 Å². The lowest BCUT2D eigenvalue weighted by Crippen LogP contribution is -2.34. The summed E-state index contributed by atoms with van der Waals surface area (Å²) in [6.07, 6.45) is 0.517. The summed E-state index contributed by atoms with van der Waals surface area (Å²) in [4.78, 5) is 12.3. The number of esters is 1. The fourth-order valence-corrected chi connectivity index (χ4v) is 3.38. The zero-order chi connectivity index (χ0) is 20.6. The van der Waals surface area contributed by atoms with E-state index < -0.39 is 65.7 Å². The first-order chi connectivity index (χ1) is 12.5. The van der Waals surface area contributed by atoms with Crippen LogP contribution in [0.15, 0.2) is 34.7 Å². The molecule has 3 atom stereocenters. The number of hydrogen-bond donors (Lipinski definition) is 0. The van der Waals surface area contributed by atoms with E-state index in [1.807, 2.05) is 6.07 Å². The first-order valence-corrected chi connectivity index (χ1v) is 8.36. The summed E-state index contributed by atoms with van der Waals surface area (Å²) in [7, 11) is 1.10. The number of carbonyl (C=O) groups excluding carboxylic acids is 1. The fraction of sp³-hybridized carbons (Fsp3) is 0.579.